The summed E-state index contributed by atoms with van der Waals surface area (Å²) in [5, 5.41) is 3.69. The Labute approximate surface area is 117 Å². The summed E-state index contributed by atoms with van der Waals surface area (Å²) >= 11 is 0. The van der Waals surface area contributed by atoms with E-state index in [0.29, 0.717) is 0 Å². The van der Waals surface area contributed by atoms with Gasteiger partial charge in [0.05, 0.1) is 0 Å². The van der Waals surface area contributed by atoms with Crippen LogP contribution in [0.15, 0.2) is 24.3 Å². The summed E-state index contributed by atoms with van der Waals surface area (Å²) in [4.78, 5) is 0. The first-order chi connectivity index (χ1) is 9.17. The first-order valence-electron chi connectivity index (χ1n) is 8.03. The van der Waals surface area contributed by atoms with E-state index < -0.39 is 0 Å². The smallest absolute Gasteiger partial charge is 0.0406 e. The third kappa shape index (κ3) is 2.72. The molecule has 2 fully saturated rings. The molecule has 1 saturated carbocycles. The van der Waals surface area contributed by atoms with E-state index in [4.69, 9.17) is 0 Å². The molecular formula is C18H27N. The topological polar surface area (TPSA) is 12.0 Å². The van der Waals surface area contributed by atoms with E-state index in [-0.39, 0.29) is 5.54 Å². The molecule has 1 aromatic rings. The van der Waals surface area contributed by atoms with Gasteiger partial charge >= 0.3 is 0 Å². The number of nitrogens with one attached hydrogen (secondary N) is 1. The number of hydrogen-bond acceptors (Lipinski definition) is 1. The molecule has 19 heavy (non-hydrogen) atoms. The third-order valence-electron chi connectivity index (χ3n) is 5.38. The molecule has 1 N–H and O–H groups in total. The van der Waals surface area contributed by atoms with Crippen molar-refractivity contribution in [3.8, 4) is 0 Å². The van der Waals surface area contributed by atoms with Crippen LogP contribution in [0.4, 0.5) is 0 Å². The van der Waals surface area contributed by atoms with Gasteiger partial charge in [0.15, 0.2) is 0 Å². The number of hydrogen-bond donors (Lipinski definition) is 1. The van der Waals surface area contributed by atoms with Crippen LogP contribution in [0.1, 0.15) is 69.4 Å². The van der Waals surface area contributed by atoms with E-state index >= 15 is 0 Å². The molecule has 1 atom stereocenters. The molecule has 0 radical (unpaired) electrons. The summed E-state index contributed by atoms with van der Waals surface area (Å²) in [6.45, 7) is 5.93. The van der Waals surface area contributed by atoms with E-state index in [1.54, 1.807) is 5.56 Å². The Hall–Kier alpha value is -0.820. The molecule has 104 valence electrons. The van der Waals surface area contributed by atoms with Crippen molar-refractivity contribution in [1.82, 2.24) is 5.32 Å². The summed E-state index contributed by atoms with van der Waals surface area (Å²) in [6, 6.07) is 9.42. The van der Waals surface area contributed by atoms with Crippen LogP contribution in [-0.2, 0) is 5.54 Å². The van der Waals surface area contributed by atoms with Gasteiger partial charge in [-0.25, -0.2) is 0 Å². The monoisotopic (exact) mass is 257 g/mol. The second-order valence-corrected chi connectivity index (χ2v) is 6.94. The van der Waals surface area contributed by atoms with Crippen molar-refractivity contribution in [1.29, 1.82) is 0 Å². The second-order valence-electron chi connectivity index (χ2n) is 6.94. The Morgan fingerprint density at radius 2 is 1.95 bits per heavy atom. The predicted molar refractivity (Wildman–Crippen MR) is 81.4 cm³/mol. The third-order valence-corrected chi connectivity index (χ3v) is 5.38. The lowest BCUT2D eigenvalue weighted by Gasteiger charge is -2.29. The van der Waals surface area contributed by atoms with Gasteiger partial charge in [-0.2, -0.15) is 0 Å². The molecule has 1 aliphatic heterocycles. The van der Waals surface area contributed by atoms with Crippen LogP contribution in [0.3, 0.4) is 0 Å². The molecule has 1 heterocycles. The molecular weight excluding hydrogens is 230 g/mol. The first-order valence-corrected chi connectivity index (χ1v) is 8.03. The molecule has 0 aromatic heterocycles. The van der Waals surface area contributed by atoms with Gasteiger partial charge in [-0.1, -0.05) is 44.0 Å². The van der Waals surface area contributed by atoms with Crippen LogP contribution >= 0.6 is 0 Å². The lowest BCUT2D eigenvalue weighted by atomic mass is 9.78. The SMILES string of the molecule is CC1CCC(c2cccc(C3(C)CCCN3)c2)CC1. The molecule has 0 spiro atoms. The maximum atomic E-state index is 3.69. The van der Waals surface area contributed by atoms with E-state index in [1.165, 1.54) is 50.6 Å². The maximum Gasteiger partial charge on any atom is 0.0406 e. The standard InChI is InChI=1S/C18H27N/c1-14-7-9-15(10-8-14)16-5-3-6-17(13-16)18(2)11-4-12-19-18/h3,5-6,13-15,19H,4,7-12H2,1-2H3. The van der Waals surface area contributed by atoms with Gasteiger partial charge in [0.2, 0.25) is 0 Å². The van der Waals surface area contributed by atoms with Crippen molar-refractivity contribution < 1.29 is 0 Å². The van der Waals surface area contributed by atoms with Crippen molar-refractivity contribution in [3.63, 3.8) is 0 Å². The summed E-state index contributed by atoms with van der Waals surface area (Å²) in [6.07, 6.45) is 8.16. The molecule has 1 aromatic carbocycles. The Morgan fingerprint density at radius 1 is 1.16 bits per heavy atom. The summed E-state index contributed by atoms with van der Waals surface area (Å²) in [5.41, 5.74) is 3.30. The van der Waals surface area contributed by atoms with E-state index in [0.717, 1.165) is 11.8 Å². The Balaban J connectivity index is 1.80. The van der Waals surface area contributed by atoms with Gasteiger partial charge in [-0.05, 0) is 62.1 Å². The molecule has 1 aliphatic carbocycles. The summed E-state index contributed by atoms with van der Waals surface area (Å²) in [7, 11) is 0. The quantitative estimate of drug-likeness (QED) is 0.817. The molecule has 1 saturated heterocycles. The minimum Gasteiger partial charge on any atom is -0.308 e. The maximum absolute atomic E-state index is 3.69. The predicted octanol–water partition coefficient (Wildman–Crippen LogP) is 4.58. The van der Waals surface area contributed by atoms with Crippen LogP contribution in [0.25, 0.3) is 0 Å². The van der Waals surface area contributed by atoms with Crippen molar-refractivity contribution in [2.75, 3.05) is 6.54 Å². The van der Waals surface area contributed by atoms with Crippen LogP contribution in [0.5, 0.6) is 0 Å². The molecule has 0 bridgehead atoms. The van der Waals surface area contributed by atoms with Crippen molar-refractivity contribution in [2.24, 2.45) is 5.92 Å². The lowest BCUT2D eigenvalue weighted by Crippen LogP contribution is -2.33. The molecule has 1 nitrogen and oxygen atoms in total. The van der Waals surface area contributed by atoms with Gasteiger partial charge in [0.1, 0.15) is 0 Å². The largest absolute Gasteiger partial charge is 0.308 e. The van der Waals surface area contributed by atoms with Gasteiger partial charge in [-0.15, -0.1) is 0 Å². The Morgan fingerprint density at radius 3 is 2.63 bits per heavy atom. The van der Waals surface area contributed by atoms with E-state index in [9.17, 15) is 0 Å². The van der Waals surface area contributed by atoms with Crippen LogP contribution in [0, 0.1) is 5.92 Å². The fourth-order valence-corrected chi connectivity index (χ4v) is 3.87. The first kappa shape index (κ1) is 13.2. The highest BCUT2D eigenvalue weighted by Crippen LogP contribution is 2.37. The Kier molecular flexibility index (Phi) is 3.66. The average Bonchev–Trinajstić information content (AvgIpc) is 2.88. The molecule has 1 unspecified atom stereocenters. The van der Waals surface area contributed by atoms with Crippen LogP contribution < -0.4 is 5.32 Å². The average molecular weight is 257 g/mol. The number of rotatable bonds is 2. The normalized spacial score (nSPS) is 35.5. The number of benzene rings is 1. The molecule has 0 amide bonds. The zero-order valence-corrected chi connectivity index (χ0v) is 12.4. The van der Waals surface area contributed by atoms with Gasteiger partial charge < -0.3 is 5.32 Å². The van der Waals surface area contributed by atoms with Gasteiger partial charge in [0, 0.05) is 5.54 Å². The van der Waals surface area contributed by atoms with E-state index in [2.05, 4.69) is 43.4 Å². The Bertz CT molecular complexity index is 423. The van der Waals surface area contributed by atoms with Crippen LogP contribution in [-0.4, -0.2) is 6.54 Å². The molecule has 1 heteroatoms. The lowest BCUT2D eigenvalue weighted by molar-refractivity contribution is 0.347. The fourth-order valence-electron chi connectivity index (χ4n) is 3.87. The van der Waals surface area contributed by atoms with E-state index in [1.807, 2.05) is 0 Å². The van der Waals surface area contributed by atoms with Crippen molar-refractivity contribution >= 4 is 0 Å². The minimum absolute atomic E-state index is 0.220. The van der Waals surface area contributed by atoms with Crippen molar-refractivity contribution in [3.05, 3.63) is 35.4 Å². The highest BCUT2D eigenvalue weighted by Gasteiger charge is 2.30. The highest BCUT2D eigenvalue weighted by atomic mass is 15.0. The summed E-state index contributed by atoms with van der Waals surface area (Å²) < 4.78 is 0. The molecule has 2 aliphatic rings. The molecule has 3 rings (SSSR count). The fraction of sp³-hybridized carbons (Fsp3) is 0.667. The second kappa shape index (κ2) is 5.28. The minimum atomic E-state index is 0.220. The highest BCUT2D eigenvalue weighted by molar-refractivity contribution is 5.32. The zero-order valence-electron chi connectivity index (χ0n) is 12.4. The van der Waals surface area contributed by atoms with Gasteiger partial charge in [0.25, 0.3) is 0 Å². The van der Waals surface area contributed by atoms with Crippen LogP contribution in [0.2, 0.25) is 0 Å². The van der Waals surface area contributed by atoms with Crippen molar-refractivity contribution in [2.45, 2.75) is 63.8 Å². The van der Waals surface area contributed by atoms with Gasteiger partial charge in [-0.3, -0.25) is 0 Å². The summed E-state index contributed by atoms with van der Waals surface area (Å²) in [5.74, 6) is 1.75. The zero-order chi connectivity index (χ0) is 13.3.